The second-order valence-corrected chi connectivity index (χ2v) is 17.2. The first-order chi connectivity index (χ1) is 14.1. The molecule has 2 aromatic rings. The summed E-state index contributed by atoms with van der Waals surface area (Å²) in [5.74, 6) is -0.578. The van der Waals surface area contributed by atoms with Crippen molar-refractivity contribution < 1.29 is 19.1 Å². The van der Waals surface area contributed by atoms with E-state index in [1.807, 2.05) is 36.4 Å². The van der Waals surface area contributed by atoms with Gasteiger partial charge >= 0.3 is 177 Å². The van der Waals surface area contributed by atoms with E-state index >= 15 is 0 Å². The van der Waals surface area contributed by atoms with Gasteiger partial charge in [0.2, 0.25) is 0 Å². The Hall–Kier alpha value is -2.08. The average molecular weight is 457 g/mol. The number of unbranched alkanes of at least 4 members (excludes halogenated alkanes) is 2. The number of hydrogen-bond donors (Lipinski definition) is 0. The van der Waals surface area contributed by atoms with E-state index in [0.29, 0.717) is 22.0 Å². The third-order valence-corrected chi connectivity index (χ3v) is 14.3. The Morgan fingerprint density at radius 1 is 0.690 bits per heavy atom. The van der Waals surface area contributed by atoms with Gasteiger partial charge in [-0.2, -0.15) is 0 Å². The fraction of sp³-hybridized carbons (Fsp3) is 0.417. The molecule has 0 spiro atoms. The van der Waals surface area contributed by atoms with Crippen LogP contribution < -0.4 is 0 Å². The summed E-state index contributed by atoms with van der Waals surface area (Å²) in [5.41, 5.74) is 2.01. The summed E-state index contributed by atoms with van der Waals surface area (Å²) in [6, 6.07) is 18.2. The third kappa shape index (κ3) is 7.69. The van der Waals surface area contributed by atoms with Gasteiger partial charge in [0, 0.05) is 0 Å². The van der Waals surface area contributed by atoms with E-state index in [4.69, 9.17) is 9.47 Å². The zero-order valence-electron chi connectivity index (χ0n) is 17.6. The minimum atomic E-state index is -2.73. The van der Waals surface area contributed by atoms with Crippen LogP contribution in [-0.2, 0) is 9.47 Å². The van der Waals surface area contributed by atoms with Gasteiger partial charge < -0.3 is 0 Å². The molecule has 4 nitrogen and oxygen atoms in total. The Morgan fingerprint density at radius 3 is 1.41 bits per heavy atom. The van der Waals surface area contributed by atoms with Crippen molar-refractivity contribution in [3.05, 3.63) is 71.8 Å². The van der Waals surface area contributed by atoms with Crippen LogP contribution in [0.1, 0.15) is 60.2 Å². The molecular formula is C24H32GeO4. The summed E-state index contributed by atoms with van der Waals surface area (Å²) in [5, 5.41) is 2.08. The number of rotatable bonds is 12. The van der Waals surface area contributed by atoms with Crippen molar-refractivity contribution >= 4 is 25.2 Å². The Morgan fingerprint density at radius 2 is 1.07 bits per heavy atom. The fourth-order valence-electron chi connectivity index (χ4n) is 3.31. The van der Waals surface area contributed by atoms with Crippen LogP contribution in [0.25, 0.3) is 0 Å². The molecule has 156 valence electrons. The molecule has 0 aliphatic rings. The molecule has 0 amide bonds. The van der Waals surface area contributed by atoms with E-state index in [9.17, 15) is 9.59 Å². The number of ether oxygens (including phenoxy) is 2. The summed E-state index contributed by atoms with van der Waals surface area (Å²) in [4.78, 5) is 25.0. The van der Waals surface area contributed by atoms with Crippen molar-refractivity contribution in [2.75, 3.05) is 10.9 Å². The standard InChI is InChI=1S/C24H32GeO4/c1-3-5-17-25(18-6-4-2,19-28-23(26)21-13-9-7-10-14-21)20-29-24(27)22-15-11-8-12-16-22/h7-16H,3-6,17-20H2,1-2H3. The average Bonchev–Trinajstić information content (AvgIpc) is 2.78. The van der Waals surface area contributed by atoms with E-state index in [1.54, 1.807) is 24.3 Å². The number of carbonyl (C=O) groups excluding carboxylic acids is 2. The van der Waals surface area contributed by atoms with E-state index in [-0.39, 0.29) is 11.9 Å². The Labute approximate surface area is 177 Å². The summed E-state index contributed by atoms with van der Waals surface area (Å²) in [7, 11) is 0. The Balaban J connectivity index is 2.09. The first kappa shape index (κ1) is 23.2. The molecular weight excluding hydrogens is 425 g/mol. The molecule has 0 heterocycles. The molecule has 0 radical (unpaired) electrons. The monoisotopic (exact) mass is 458 g/mol. The predicted octanol–water partition coefficient (Wildman–Crippen LogP) is 5.83. The molecule has 0 unspecified atom stereocenters. The van der Waals surface area contributed by atoms with Gasteiger partial charge in [-0.1, -0.05) is 0 Å². The molecule has 2 rings (SSSR count). The van der Waals surface area contributed by atoms with Gasteiger partial charge in [-0.15, -0.1) is 0 Å². The van der Waals surface area contributed by atoms with Crippen LogP contribution in [0, 0.1) is 0 Å². The van der Waals surface area contributed by atoms with Crippen molar-refractivity contribution in [3.63, 3.8) is 0 Å². The first-order valence-electron chi connectivity index (χ1n) is 10.5. The molecule has 0 bridgehead atoms. The summed E-state index contributed by atoms with van der Waals surface area (Å²) < 4.78 is 11.6. The Bertz CT molecular complexity index is 680. The van der Waals surface area contributed by atoms with Gasteiger partial charge in [-0.3, -0.25) is 0 Å². The van der Waals surface area contributed by atoms with Gasteiger partial charge in [-0.05, 0) is 0 Å². The molecule has 0 aromatic heterocycles. The third-order valence-electron chi connectivity index (χ3n) is 5.16. The zero-order valence-corrected chi connectivity index (χ0v) is 19.7. The van der Waals surface area contributed by atoms with Crippen LogP contribution in [0.5, 0.6) is 0 Å². The molecule has 0 atom stereocenters. The van der Waals surface area contributed by atoms with E-state index in [1.165, 1.54) is 0 Å². The molecule has 2 aromatic carbocycles. The van der Waals surface area contributed by atoms with Crippen LogP contribution >= 0.6 is 0 Å². The van der Waals surface area contributed by atoms with Crippen LogP contribution in [0.3, 0.4) is 0 Å². The maximum atomic E-state index is 12.5. The molecule has 0 aliphatic carbocycles. The second kappa shape index (κ2) is 12.5. The molecule has 29 heavy (non-hydrogen) atoms. The minimum absolute atomic E-state index is 0.289. The molecule has 0 fully saturated rings. The predicted molar refractivity (Wildman–Crippen MR) is 119 cm³/mol. The van der Waals surface area contributed by atoms with Crippen molar-refractivity contribution in [3.8, 4) is 0 Å². The molecule has 0 N–H and O–H groups in total. The van der Waals surface area contributed by atoms with Gasteiger partial charge in [0.25, 0.3) is 0 Å². The Kier molecular flexibility index (Phi) is 9.98. The van der Waals surface area contributed by atoms with Gasteiger partial charge in [0.1, 0.15) is 0 Å². The fourth-order valence-corrected chi connectivity index (χ4v) is 11.7. The van der Waals surface area contributed by atoms with Gasteiger partial charge in [0.05, 0.1) is 0 Å². The van der Waals surface area contributed by atoms with Crippen LogP contribution in [0.15, 0.2) is 60.7 Å². The van der Waals surface area contributed by atoms with Gasteiger partial charge in [-0.25, -0.2) is 0 Å². The second-order valence-electron chi connectivity index (χ2n) is 7.59. The van der Waals surface area contributed by atoms with Gasteiger partial charge in [0.15, 0.2) is 0 Å². The number of esters is 2. The normalized spacial score (nSPS) is 11.1. The van der Waals surface area contributed by atoms with Crippen LogP contribution in [-0.4, -0.2) is 36.1 Å². The maximum absolute atomic E-state index is 12.5. The van der Waals surface area contributed by atoms with Crippen LogP contribution in [0.4, 0.5) is 0 Å². The molecule has 0 aliphatic heterocycles. The number of hydrogen-bond acceptors (Lipinski definition) is 4. The molecule has 0 saturated heterocycles. The van der Waals surface area contributed by atoms with Crippen molar-refractivity contribution in [2.24, 2.45) is 0 Å². The van der Waals surface area contributed by atoms with E-state index in [2.05, 4.69) is 13.8 Å². The number of carbonyl (C=O) groups is 2. The number of benzene rings is 2. The van der Waals surface area contributed by atoms with Crippen LogP contribution in [0.2, 0.25) is 10.5 Å². The quantitative estimate of drug-likeness (QED) is 0.298. The zero-order chi connectivity index (χ0) is 21.0. The van der Waals surface area contributed by atoms with Crippen molar-refractivity contribution in [2.45, 2.75) is 50.0 Å². The summed E-state index contributed by atoms with van der Waals surface area (Å²) in [6.45, 7) is 4.33. The van der Waals surface area contributed by atoms with Crippen molar-refractivity contribution in [1.82, 2.24) is 0 Å². The first-order valence-corrected chi connectivity index (χ1v) is 16.5. The molecule has 0 saturated carbocycles. The van der Waals surface area contributed by atoms with Crippen molar-refractivity contribution in [1.29, 1.82) is 0 Å². The SMILES string of the molecule is CCC[CH2][Ge]([CH2]CCC)([CH2]OC(=O)c1ccccc1)[CH2]OC(=O)c1ccccc1. The van der Waals surface area contributed by atoms with E-state index in [0.717, 1.165) is 36.2 Å². The molecule has 5 heteroatoms. The summed E-state index contributed by atoms with van der Waals surface area (Å²) >= 11 is -2.73. The topological polar surface area (TPSA) is 52.6 Å². The summed E-state index contributed by atoms with van der Waals surface area (Å²) in [6.07, 6.45) is 4.32. The van der Waals surface area contributed by atoms with E-state index < -0.39 is 13.3 Å².